The van der Waals surface area contributed by atoms with Crippen molar-refractivity contribution in [3.05, 3.63) is 45.5 Å². The number of nitrogens with zero attached hydrogens (tertiary/aromatic N) is 1. The summed E-state index contributed by atoms with van der Waals surface area (Å²) in [6, 6.07) is 4.60. The Labute approximate surface area is 92.2 Å². The Morgan fingerprint density at radius 1 is 1.50 bits per heavy atom. The highest BCUT2D eigenvalue weighted by Gasteiger charge is 2.14. The van der Waals surface area contributed by atoms with Crippen LogP contribution in [0.4, 0.5) is 5.69 Å². The fourth-order valence-corrected chi connectivity index (χ4v) is 1.51. The van der Waals surface area contributed by atoms with Gasteiger partial charge in [-0.2, -0.15) is 0 Å². The van der Waals surface area contributed by atoms with Crippen molar-refractivity contribution >= 4 is 17.2 Å². The van der Waals surface area contributed by atoms with E-state index in [1.165, 1.54) is 6.07 Å². The Morgan fingerprint density at radius 2 is 2.12 bits per heavy atom. The van der Waals surface area contributed by atoms with E-state index in [0.717, 1.165) is 6.08 Å². The van der Waals surface area contributed by atoms with Crippen molar-refractivity contribution in [2.24, 2.45) is 0 Å². The second kappa shape index (κ2) is 4.57. The van der Waals surface area contributed by atoms with E-state index >= 15 is 0 Å². The average Bonchev–Trinajstić information content (AvgIpc) is 2.16. The van der Waals surface area contributed by atoms with Crippen molar-refractivity contribution in [3.8, 4) is 0 Å². The summed E-state index contributed by atoms with van der Waals surface area (Å²) in [5.41, 5.74) is 1.54. The van der Waals surface area contributed by atoms with Crippen LogP contribution >= 0.6 is 0 Å². The average molecular weight is 221 g/mol. The summed E-state index contributed by atoms with van der Waals surface area (Å²) in [7, 11) is 0. The van der Waals surface area contributed by atoms with Crippen molar-refractivity contribution in [2.75, 3.05) is 0 Å². The van der Waals surface area contributed by atoms with Gasteiger partial charge in [0.25, 0.3) is 5.69 Å². The molecule has 1 N–H and O–H groups in total. The van der Waals surface area contributed by atoms with E-state index in [9.17, 15) is 14.9 Å². The summed E-state index contributed by atoms with van der Waals surface area (Å²) < 4.78 is 0. The monoisotopic (exact) mass is 221 g/mol. The van der Waals surface area contributed by atoms with Gasteiger partial charge in [0.05, 0.1) is 4.92 Å². The lowest BCUT2D eigenvalue weighted by molar-refractivity contribution is -0.385. The van der Waals surface area contributed by atoms with E-state index in [1.807, 2.05) is 0 Å². The van der Waals surface area contributed by atoms with E-state index in [-0.39, 0.29) is 5.69 Å². The summed E-state index contributed by atoms with van der Waals surface area (Å²) in [6.07, 6.45) is 1.03. The molecule has 0 fully saturated rings. The van der Waals surface area contributed by atoms with Gasteiger partial charge >= 0.3 is 5.97 Å². The van der Waals surface area contributed by atoms with Crippen LogP contribution in [-0.4, -0.2) is 16.0 Å². The van der Waals surface area contributed by atoms with Gasteiger partial charge in [0.15, 0.2) is 0 Å². The predicted molar refractivity (Wildman–Crippen MR) is 59.1 cm³/mol. The van der Waals surface area contributed by atoms with Crippen molar-refractivity contribution in [3.63, 3.8) is 0 Å². The standard InChI is InChI=1S/C11H11NO4/c1-7(6-11(13)14)9-4-3-5-10(8(9)2)12(15)16/h3-6H,1-2H3,(H,13,14)/b7-6-. The molecule has 0 saturated carbocycles. The third kappa shape index (κ3) is 2.44. The van der Waals surface area contributed by atoms with Crippen LogP contribution in [0.1, 0.15) is 18.1 Å². The Hall–Kier alpha value is -2.17. The minimum absolute atomic E-state index is 0.00404. The minimum Gasteiger partial charge on any atom is -0.478 e. The molecule has 0 atom stereocenters. The number of carboxylic acid groups (broad SMARTS) is 1. The zero-order valence-electron chi connectivity index (χ0n) is 8.93. The molecule has 1 aromatic rings. The first-order chi connectivity index (χ1) is 7.43. The largest absolute Gasteiger partial charge is 0.478 e. The molecule has 0 aliphatic heterocycles. The van der Waals surface area contributed by atoms with E-state index < -0.39 is 10.9 Å². The third-order valence-corrected chi connectivity index (χ3v) is 2.27. The molecular formula is C11H11NO4. The first-order valence-electron chi connectivity index (χ1n) is 4.59. The van der Waals surface area contributed by atoms with Crippen LogP contribution in [-0.2, 0) is 4.79 Å². The van der Waals surface area contributed by atoms with Crippen molar-refractivity contribution in [1.29, 1.82) is 0 Å². The lowest BCUT2D eigenvalue weighted by atomic mass is 10.0. The first-order valence-corrected chi connectivity index (χ1v) is 4.59. The summed E-state index contributed by atoms with van der Waals surface area (Å²) >= 11 is 0. The van der Waals surface area contributed by atoms with Crippen LogP contribution in [0.2, 0.25) is 0 Å². The smallest absolute Gasteiger partial charge is 0.328 e. The maximum Gasteiger partial charge on any atom is 0.328 e. The molecule has 0 aliphatic rings. The van der Waals surface area contributed by atoms with Crippen molar-refractivity contribution in [2.45, 2.75) is 13.8 Å². The maximum atomic E-state index is 10.7. The minimum atomic E-state index is -1.07. The molecule has 0 heterocycles. The molecule has 5 heteroatoms. The number of carbonyl (C=O) groups is 1. The Balaban J connectivity index is 3.31. The molecule has 0 unspecified atom stereocenters. The second-order valence-corrected chi connectivity index (χ2v) is 3.37. The van der Waals surface area contributed by atoms with Crippen LogP contribution in [0, 0.1) is 17.0 Å². The van der Waals surface area contributed by atoms with Gasteiger partial charge in [0.1, 0.15) is 0 Å². The van der Waals surface area contributed by atoms with Crippen LogP contribution in [0.25, 0.3) is 5.57 Å². The molecule has 1 aromatic carbocycles. The fraction of sp³-hybridized carbons (Fsp3) is 0.182. The van der Waals surface area contributed by atoms with Crippen molar-refractivity contribution in [1.82, 2.24) is 0 Å². The number of carboxylic acids is 1. The quantitative estimate of drug-likeness (QED) is 0.482. The number of nitro groups is 1. The second-order valence-electron chi connectivity index (χ2n) is 3.37. The van der Waals surface area contributed by atoms with Gasteiger partial charge < -0.3 is 5.11 Å². The zero-order valence-corrected chi connectivity index (χ0v) is 8.93. The fourth-order valence-electron chi connectivity index (χ4n) is 1.51. The topological polar surface area (TPSA) is 80.4 Å². The van der Waals surface area contributed by atoms with Crippen LogP contribution in [0.3, 0.4) is 0 Å². The molecule has 0 amide bonds. The number of hydrogen-bond donors (Lipinski definition) is 1. The SMILES string of the molecule is C/C(=C/C(=O)O)c1cccc([N+](=O)[O-])c1C. The highest BCUT2D eigenvalue weighted by molar-refractivity contribution is 5.90. The molecule has 0 saturated heterocycles. The molecule has 5 nitrogen and oxygen atoms in total. The molecule has 16 heavy (non-hydrogen) atoms. The summed E-state index contributed by atoms with van der Waals surface area (Å²) in [4.78, 5) is 20.7. The Bertz CT molecular complexity index is 477. The van der Waals surface area contributed by atoms with E-state index in [1.54, 1.807) is 26.0 Å². The van der Waals surface area contributed by atoms with Gasteiger partial charge in [-0.25, -0.2) is 4.79 Å². The lowest BCUT2D eigenvalue weighted by Crippen LogP contribution is -1.96. The number of hydrogen-bond acceptors (Lipinski definition) is 3. The predicted octanol–water partition coefficient (Wildman–Crippen LogP) is 2.39. The normalized spacial score (nSPS) is 11.2. The highest BCUT2D eigenvalue weighted by atomic mass is 16.6. The molecule has 0 bridgehead atoms. The summed E-state index contributed by atoms with van der Waals surface area (Å²) in [5.74, 6) is -1.07. The maximum absolute atomic E-state index is 10.7. The molecule has 0 aliphatic carbocycles. The zero-order chi connectivity index (χ0) is 12.3. The number of benzene rings is 1. The number of nitro benzene ring substituents is 1. The van der Waals surface area contributed by atoms with Crippen LogP contribution in [0.15, 0.2) is 24.3 Å². The van der Waals surface area contributed by atoms with Crippen molar-refractivity contribution < 1.29 is 14.8 Å². The Kier molecular flexibility index (Phi) is 3.40. The van der Waals surface area contributed by atoms with Gasteiger partial charge in [-0.05, 0) is 25.0 Å². The first kappa shape index (κ1) is 11.9. The van der Waals surface area contributed by atoms with E-state index in [4.69, 9.17) is 5.11 Å². The van der Waals surface area contributed by atoms with E-state index in [0.29, 0.717) is 16.7 Å². The van der Waals surface area contributed by atoms with Gasteiger partial charge in [-0.15, -0.1) is 0 Å². The summed E-state index contributed by atoms with van der Waals surface area (Å²) in [5, 5.41) is 19.3. The van der Waals surface area contributed by atoms with Gasteiger partial charge in [-0.1, -0.05) is 12.1 Å². The molecule has 1 rings (SSSR count). The molecule has 84 valence electrons. The molecule has 0 aromatic heterocycles. The molecular weight excluding hydrogens is 210 g/mol. The number of rotatable bonds is 3. The van der Waals surface area contributed by atoms with Gasteiger partial charge in [-0.3, -0.25) is 10.1 Å². The van der Waals surface area contributed by atoms with E-state index in [2.05, 4.69) is 0 Å². The molecule has 0 spiro atoms. The highest BCUT2D eigenvalue weighted by Crippen LogP contribution is 2.26. The Morgan fingerprint density at radius 3 is 2.62 bits per heavy atom. The lowest BCUT2D eigenvalue weighted by Gasteiger charge is -2.05. The third-order valence-electron chi connectivity index (χ3n) is 2.27. The van der Waals surface area contributed by atoms with Crippen LogP contribution in [0.5, 0.6) is 0 Å². The number of aliphatic carboxylic acids is 1. The summed E-state index contributed by atoms with van der Waals surface area (Å²) in [6.45, 7) is 3.22. The van der Waals surface area contributed by atoms with Gasteiger partial charge in [0, 0.05) is 17.7 Å². The van der Waals surface area contributed by atoms with Gasteiger partial charge in [0.2, 0.25) is 0 Å². The van der Waals surface area contributed by atoms with Crippen LogP contribution < -0.4 is 0 Å². The number of allylic oxidation sites excluding steroid dienone is 1. The molecule has 0 radical (unpaired) electrons.